The second kappa shape index (κ2) is 8.68. The quantitative estimate of drug-likeness (QED) is 0.366. The maximum absolute atomic E-state index is 12.5. The Morgan fingerprint density at radius 2 is 1.93 bits per heavy atom. The maximum Gasteiger partial charge on any atom is 0.573 e. The number of aliphatic imine (C=N–C) groups is 1. The molecule has 1 aliphatic rings. The summed E-state index contributed by atoms with van der Waals surface area (Å²) in [5, 5.41) is 2.95. The smallest absolute Gasteiger partial charge is 0.497 e. The minimum Gasteiger partial charge on any atom is -0.497 e. The highest BCUT2D eigenvalue weighted by Gasteiger charge is 2.42. The van der Waals surface area contributed by atoms with Crippen molar-refractivity contribution in [3.05, 3.63) is 54.1 Å². The number of rotatable bonds is 5. The number of ether oxygens (including phenoxy) is 2. The molecule has 3 rings (SSSR count). The van der Waals surface area contributed by atoms with Gasteiger partial charge >= 0.3 is 6.36 Å². The molecule has 1 saturated carbocycles. The summed E-state index contributed by atoms with van der Waals surface area (Å²) in [6, 6.07) is 13.1. The monoisotopic (exact) mass is 493 g/mol. The third kappa shape index (κ3) is 5.91. The fourth-order valence-corrected chi connectivity index (χ4v) is 2.72. The summed E-state index contributed by atoms with van der Waals surface area (Å²) < 4.78 is 46.8. The van der Waals surface area contributed by atoms with Crippen molar-refractivity contribution in [3.8, 4) is 11.5 Å². The lowest BCUT2D eigenvalue weighted by Crippen LogP contribution is -2.23. The van der Waals surface area contributed by atoms with Gasteiger partial charge in [-0.2, -0.15) is 0 Å². The normalized spacial score (nSPS) is 19.0. The highest BCUT2D eigenvalue weighted by Crippen LogP contribution is 2.47. The summed E-state index contributed by atoms with van der Waals surface area (Å²) in [7, 11) is 1.56. The second-order valence-corrected chi connectivity index (χ2v) is 5.87. The zero-order valence-electron chi connectivity index (χ0n) is 14.4. The van der Waals surface area contributed by atoms with Crippen molar-refractivity contribution in [1.29, 1.82) is 0 Å². The Labute approximate surface area is 171 Å². The Hall–Kier alpha value is -2.17. The molecule has 5 nitrogen and oxygen atoms in total. The first-order chi connectivity index (χ1) is 12.4. The Balaban J connectivity index is 0.00000261. The van der Waals surface area contributed by atoms with Crippen LogP contribution < -0.4 is 20.5 Å². The molecule has 3 N–H and O–H groups in total. The summed E-state index contributed by atoms with van der Waals surface area (Å²) in [5.74, 6) is 0.520. The fraction of sp³-hybridized carbons (Fsp3) is 0.278. The predicted molar refractivity (Wildman–Crippen MR) is 108 cm³/mol. The van der Waals surface area contributed by atoms with Gasteiger partial charge in [-0.05, 0) is 30.2 Å². The number of anilines is 1. The largest absolute Gasteiger partial charge is 0.573 e. The highest BCUT2D eigenvalue weighted by atomic mass is 127. The second-order valence-electron chi connectivity index (χ2n) is 5.87. The van der Waals surface area contributed by atoms with E-state index in [1.807, 2.05) is 6.07 Å². The first kappa shape index (κ1) is 21.1. The van der Waals surface area contributed by atoms with Crippen LogP contribution in [0.3, 0.4) is 0 Å². The van der Waals surface area contributed by atoms with Gasteiger partial charge in [-0.15, -0.1) is 37.1 Å². The highest BCUT2D eigenvalue weighted by molar-refractivity contribution is 14.0. The lowest BCUT2D eigenvalue weighted by Gasteiger charge is -2.12. The number of nitrogens with two attached hydrogens (primary N) is 1. The van der Waals surface area contributed by atoms with Crippen LogP contribution in [0, 0.1) is 0 Å². The van der Waals surface area contributed by atoms with Gasteiger partial charge in [-0.3, -0.25) is 0 Å². The summed E-state index contributed by atoms with van der Waals surface area (Å²) in [6.07, 6.45) is -4.12. The van der Waals surface area contributed by atoms with Gasteiger partial charge in [0.15, 0.2) is 5.96 Å². The Morgan fingerprint density at radius 3 is 2.63 bits per heavy atom. The lowest BCUT2D eigenvalue weighted by atomic mass is 10.1. The van der Waals surface area contributed by atoms with Gasteiger partial charge in [-0.25, -0.2) is 4.99 Å². The zero-order chi connectivity index (χ0) is 18.7. The van der Waals surface area contributed by atoms with Gasteiger partial charge in [0.1, 0.15) is 11.5 Å². The summed E-state index contributed by atoms with van der Waals surface area (Å²) in [5.41, 5.74) is 7.10. The number of para-hydroxylation sites is 1. The van der Waals surface area contributed by atoms with E-state index in [0.717, 1.165) is 0 Å². The summed E-state index contributed by atoms with van der Waals surface area (Å²) in [4.78, 5) is 4.34. The summed E-state index contributed by atoms with van der Waals surface area (Å²) >= 11 is 0. The molecule has 9 heteroatoms. The van der Waals surface area contributed by atoms with E-state index in [9.17, 15) is 13.2 Å². The van der Waals surface area contributed by atoms with Gasteiger partial charge in [-0.1, -0.05) is 24.3 Å². The first-order valence-electron chi connectivity index (χ1n) is 7.95. The molecule has 2 unspecified atom stereocenters. The van der Waals surface area contributed by atoms with E-state index >= 15 is 0 Å². The van der Waals surface area contributed by atoms with Crippen LogP contribution in [0.4, 0.5) is 18.9 Å². The van der Waals surface area contributed by atoms with Gasteiger partial charge < -0.3 is 20.5 Å². The van der Waals surface area contributed by atoms with Crippen molar-refractivity contribution in [2.45, 2.75) is 24.7 Å². The van der Waals surface area contributed by atoms with Crippen LogP contribution in [0.15, 0.2) is 53.5 Å². The topological polar surface area (TPSA) is 68.9 Å². The Kier molecular flexibility index (Phi) is 6.79. The van der Waals surface area contributed by atoms with E-state index in [4.69, 9.17) is 10.5 Å². The number of guanidine groups is 1. The molecule has 1 fully saturated rings. The van der Waals surface area contributed by atoms with Crippen LogP contribution in [0.5, 0.6) is 11.5 Å². The Bertz CT molecular complexity index is 814. The standard InChI is InChI=1S/C18H18F3N3O2.HI/c1-25-12-6-4-5-11(9-12)23-17(22)24-15-10-14(15)13-7-2-3-8-16(13)26-18(19,20)21;/h2-9,14-15H,10H2,1H3,(H3,22,23,24);1H. The molecule has 0 spiro atoms. The molecular formula is C18H19F3IN3O2. The molecule has 27 heavy (non-hydrogen) atoms. The Morgan fingerprint density at radius 1 is 1.19 bits per heavy atom. The van der Waals surface area contributed by atoms with Crippen molar-refractivity contribution in [2.24, 2.45) is 10.7 Å². The van der Waals surface area contributed by atoms with Crippen LogP contribution in [-0.4, -0.2) is 25.5 Å². The van der Waals surface area contributed by atoms with Gasteiger partial charge in [0.25, 0.3) is 0 Å². The maximum atomic E-state index is 12.5. The molecule has 0 heterocycles. The first-order valence-corrected chi connectivity index (χ1v) is 7.95. The lowest BCUT2D eigenvalue weighted by molar-refractivity contribution is -0.274. The third-order valence-corrected chi connectivity index (χ3v) is 3.95. The van der Waals surface area contributed by atoms with E-state index in [1.165, 1.54) is 12.1 Å². The minimum atomic E-state index is -4.73. The minimum absolute atomic E-state index is 0. The number of halogens is 4. The van der Waals surface area contributed by atoms with Crippen molar-refractivity contribution >= 4 is 35.6 Å². The zero-order valence-corrected chi connectivity index (χ0v) is 16.7. The number of nitrogens with zero attached hydrogens (tertiary/aromatic N) is 1. The molecular weight excluding hydrogens is 474 g/mol. The predicted octanol–water partition coefficient (Wildman–Crippen LogP) is 4.49. The van der Waals surface area contributed by atoms with Gasteiger partial charge in [0, 0.05) is 17.7 Å². The van der Waals surface area contributed by atoms with Gasteiger partial charge in [0.05, 0.1) is 13.2 Å². The van der Waals surface area contributed by atoms with E-state index in [-0.39, 0.29) is 47.6 Å². The number of hydrogen-bond donors (Lipinski definition) is 2. The summed E-state index contributed by atoms with van der Waals surface area (Å²) in [6.45, 7) is 0. The average molecular weight is 493 g/mol. The molecule has 2 atom stereocenters. The van der Waals surface area contributed by atoms with E-state index in [1.54, 1.807) is 37.4 Å². The van der Waals surface area contributed by atoms with Crippen LogP contribution in [0.1, 0.15) is 17.9 Å². The molecule has 1 aliphatic carbocycles. The van der Waals surface area contributed by atoms with Crippen molar-refractivity contribution < 1.29 is 22.6 Å². The SMILES string of the molecule is COc1cccc(NC(N)=NC2CC2c2ccccc2OC(F)(F)F)c1.I. The van der Waals surface area contributed by atoms with Crippen LogP contribution in [-0.2, 0) is 0 Å². The molecule has 0 bridgehead atoms. The van der Waals surface area contributed by atoms with Crippen LogP contribution in [0.2, 0.25) is 0 Å². The van der Waals surface area contributed by atoms with E-state index < -0.39 is 6.36 Å². The molecule has 0 saturated heterocycles. The van der Waals surface area contributed by atoms with Crippen molar-refractivity contribution in [2.75, 3.05) is 12.4 Å². The van der Waals surface area contributed by atoms with E-state index in [0.29, 0.717) is 23.4 Å². The van der Waals surface area contributed by atoms with Crippen LogP contribution >= 0.6 is 24.0 Å². The molecule has 0 aliphatic heterocycles. The number of nitrogens with one attached hydrogen (secondary N) is 1. The molecule has 2 aromatic rings. The van der Waals surface area contributed by atoms with Crippen molar-refractivity contribution in [1.82, 2.24) is 0 Å². The van der Waals surface area contributed by atoms with Crippen LogP contribution in [0.25, 0.3) is 0 Å². The number of alkyl halides is 3. The average Bonchev–Trinajstić information content (AvgIpc) is 3.32. The number of benzene rings is 2. The fourth-order valence-electron chi connectivity index (χ4n) is 2.72. The number of hydrogen-bond acceptors (Lipinski definition) is 3. The third-order valence-electron chi connectivity index (χ3n) is 3.95. The number of methoxy groups -OCH3 is 1. The molecule has 0 radical (unpaired) electrons. The van der Waals surface area contributed by atoms with Gasteiger partial charge in [0.2, 0.25) is 0 Å². The molecule has 2 aromatic carbocycles. The van der Waals surface area contributed by atoms with Crippen molar-refractivity contribution in [3.63, 3.8) is 0 Å². The van der Waals surface area contributed by atoms with E-state index in [2.05, 4.69) is 15.0 Å². The molecule has 146 valence electrons. The molecule has 0 aromatic heterocycles. The molecule has 0 amide bonds.